The van der Waals surface area contributed by atoms with Crippen LogP contribution in [0.25, 0.3) is 0 Å². The van der Waals surface area contributed by atoms with Gasteiger partial charge in [-0.15, -0.1) is 0 Å². The maximum Gasteiger partial charge on any atom is 0.306 e. The van der Waals surface area contributed by atoms with Crippen molar-refractivity contribution >= 4 is 35.1 Å². The molecule has 1 saturated carbocycles. The van der Waals surface area contributed by atoms with Gasteiger partial charge in [-0.1, -0.05) is 36.9 Å². The smallest absolute Gasteiger partial charge is 0.306 e. The number of benzene rings is 1. The molecule has 0 unspecified atom stereocenters. The SMILES string of the molecule is Cc1ccc(Cl)cc1NC(=O)COC(=O)CCCC(=O)NC1CCCCC1. The number of rotatable bonds is 8. The molecule has 0 bridgehead atoms. The third kappa shape index (κ3) is 7.99. The zero-order valence-corrected chi connectivity index (χ0v) is 16.4. The number of aryl methyl sites for hydroxylation is 1. The highest BCUT2D eigenvalue weighted by atomic mass is 35.5. The normalized spacial score (nSPS) is 14.4. The number of hydrogen-bond acceptors (Lipinski definition) is 4. The number of anilines is 1. The van der Waals surface area contributed by atoms with Gasteiger partial charge in [0.15, 0.2) is 6.61 Å². The molecule has 0 saturated heterocycles. The van der Waals surface area contributed by atoms with Crippen molar-refractivity contribution in [3.05, 3.63) is 28.8 Å². The van der Waals surface area contributed by atoms with Gasteiger partial charge in [0.05, 0.1) is 0 Å². The van der Waals surface area contributed by atoms with Gasteiger partial charge in [-0.25, -0.2) is 0 Å². The minimum atomic E-state index is -0.488. The minimum Gasteiger partial charge on any atom is -0.456 e. The van der Waals surface area contributed by atoms with E-state index in [-0.39, 0.29) is 25.0 Å². The summed E-state index contributed by atoms with van der Waals surface area (Å²) in [6.45, 7) is 1.48. The van der Waals surface area contributed by atoms with E-state index in [0.29, 0.717) is 23.6 Å². The molecule has 1 aliphatic rings. The summed E-state index contributed by atoms with van der Waals surface area (Å²) in [5.74, 6) is -0.939. The van der Waals surface area contributed by atoms with Crippen LogP contribution in [-0.2, 0) is 19.1 Å². The molecule has 1 aliphatic carbocycles. The first kappa shape index (κ1) is 21.2. The van der Waals surface area contributed by atoms with Crippen molar-refractivity contribution in [3.63, 3.8) is 0 Å². The molecule has 0 radical (unpaired) electrons. The van der Waals surface area contributed by atoms with E-state index in [1.807, 2.05) is 6.92 Å². The van der Waals surface area contributed by atoms with E-state index in [0.717, 1.165) is 31.2 Å². The van der Waals surface area contributed by atoms with Gasteiger partial charge in [0, 0.05) is 29.6 Å². The molecular formula is C20H27ClN2O4. The Bertz CT molecular complexity index is 672. The second kappa shape index (κ2) is 10.9. The fourth-order valence-electron chi connectivity index (χ4n) is 3.07. The Morgan fingerprint density at radius 3 is 2.59 bits per heavy atom. The van der Waals surface area contributed by atoms with Gasteiger partial charge in [-0.05, 0) is 43.9 Å². The van der Waals surface area contributed by atoms with Gasteiger partial charge in [-0.2, -0.15) is 0 Å². The molecule has 2 amide bonds. The Labute approximate surface area is 165 Å². The fourth-order valence-corrected chi connectivity index (χ4v) is 3.25. The highest BCUT2D eigenvalue weighted by molar-refractivity contribution is 6.31. The Hall–Kier alpha value is -2.08. The molecule has 1 fully saturated rings. The van der Waals surface area contributed by atoms with E-state index in [4.69, 9.17) is 16.3 Å². The van der Waals surface area contributed by atoms with Gasteiger partial charge in [-0.3, -0.25) is 14.4 Å². The molecule has 148 valence electrons. The standard InChI is InChI=1S/C20H27ClN2O4/c1-14-10-11-15(21)12-17(14)23-19(25)13-27-20(26)9-5-8-18(24)22-16-6-3-2-4-7-16/h10-12,16H,2-9,13H2,1H3,(H,22,24)(H,23,25). The first-order valence-electron chi connectivity index (χ1n) is 9.45. The van der Waals surface area contributed by atoms with E-state index in [2.05, 4.69) is 10.6 Å². The predicted octanol–water partition coefficient (Wildman–Crippen LogP) is 3.75. The lowest BCUT2D eigenvalue weighted by Gasteiger charge is -2.22. The van der Waals surface area contributed by atoms with Crippen LogP contribution in [0.3, 0.4) is 0 Å². The summed E-state index contributed by atoms with van der Waals surface area (Å²) in [5.41, 5.74) is 1.45. The Balaban J connectivity index is 1.60. The van der Waals surface area contributed by atoms with E-state index in [1.165, 1.54) is 6.42 Å². The Morgan fingerprint density at radius 1 is 1.11 bits per heavy atom. The van der Waals surface area contributed by atoms with Crippen LogP contribution in [0.1, 0.15) is 56.9 Å². The quantitative estimate of drug-likeness (QED) is 0.657. The van der Waals surface area contributed by atoms with Gasteiger partial charge >= 0.3 is 5.97 Å². The molecule has 7 heteroatoms. The summed E-state index contributed by atoms with van der Waals surface area (Å²) in [7, 11) is 0. The number of hydrogen-bond donors (Lipinski definition) is 2. The zero-order chi connectivity index (χ0) is 19.6. The van der Waals surface area contributed by atoms with Crippen molar-refractivity contribution in [2.75, 3.05) is 11.9 Å². The van der Waals surface area contributed by atoms with Crippen LogP contribution in [-0.4, -0.2) is 30.4 Å². The molecule has 0 heterocycles. The van der Waals surface area contributed by atoms with Gasteiger partial charge in [0.2, 0.25) is 5.91 Å². The monoisotopic (exact) mass is 394 g/mol. The number of carbonyl (C=O) groups is 3. The molecular weight excluding hydrogens is 368 g/mol. The molecule has 0 spiro atoms. The highest BCUT2D eigenvalue weighted by Gasteiger charge is 2.16. The molecule has 0 aromatic heterocycles. The van der Waals surface area contributed by atoms with Crippen LogP contribution in [0.2, 0.25) is 5.02 Å². The maximum absolute atomic E-state index is 11.9. The largest absolute Gasteiger partial charge is 0.456 e. The lowest BCUT2D eigenvalue weighted by Crippen LogP contribution is -2.36. The van der Waals surface area contributed by atoms with Crippen molar-refractivity contribution in [1.29, 1.82) is 0 Å². The van der Waals surface area contributed by atoms with E-state index < -0.39 is 11.9 Å². The molecule has 27 heavy (non-hydrogen) atoms. The van der Waals surface area contributed by atoms with Gasteiger partial charge in [0.25, 0.3) is 5.91 Å². The lowest BCUT2D eigenvalue weighted by atomic mass is 9.95. The minimum absolute atomic E-state index is 0.0242. The average Bonchev–Trinajstić information content (AvgIpc) is 2.64. The average molecular weight is 395 g/mol. The van der Waals surface area contributed by atoms with Crippen LogP contribution < -0.4 is 10.6 Å². The highest BCUT2D eigenvalue weighted by Crippen LogP contribution is 2.20. The molecule has 0 atom stereocenters. The molecule has 2 N–H and O–H groups in total. The maximum atomic E-state index is 11.9. The first-order valence-corrected chi connectivity index (χ1v) is 9.83. The Morgan fingerprint density at radius 2 is 1.85 bits per heavy atom. The van der Waals surface area contributed by atoms with Crippen LogP contribution in [0.15, 0.2) is 18.2 Å². The summed E-state index contributed by atoms with van der Waals surface area (Å²) in [6.07, 6.45) is 6.45. The number of halogens is 1. The van der Waals surface area contributed by atoms with Gasteiger partial charge in [0.1, 0.15) is 0 Å². The summed E-state index contributed by atoms with van der Waals surface area (Å²) < 4.78 is 4.96. The number of amides is 2. The Kier molecular flexibility index (Phi) is 8.58. The summed E-state index contributed by atoms with van der Waals surface area (Å²) in [6, 6.07) is 5.44. The van der Waals surface area contributed by atoms with E-state index in [9.17, 15) is 14.4 Å². The molecule has 1 aromatic rings. The molecule has 1 aromatic carbocycles. The van der Waals surface area contributed by atoms with Crippen LogP contribution in [0.4, 0.5) is 5.69 Å². The lowest BCUT2D eigenvalue weighted by molar-refractivity contribution is -0.147. The van der Waals surface area contributed by atoms with Gasteiger partial charge < -0.3 is 15.4 Å². The van der Waals surface area contributed by atoms with Crippen molar-refractivity contribution in [2.45, 2.75) is 64.3 Å². The van der Waals surface area contributed by atoms with Crippen LogP contribution >= 0.6 is 11.6 Å². The number of ether oxygens (including phenoxy) is 1. The van der Waals surface area contributed by atoms with E-state index in [1.54, 1.807) is 18.2 Å². The number of carbonyl (C=O) groups excluding carboxylic acids is 3. The number of nitrogens with one attached hydrogen (secondary N) is 2. The molecule has 6 nitrogen and oxygen atoms in total. The van der Waals surface area contributed by atoms with Crippen molar-refractivity contribution in [1.82, 2.24) is 5.32 Å². The predicted molar refractivity (Wildman–Crippen MR) is 105 cm³/mol. The molecule has 0 aliphatic heterocycles. The summed E-state index contributed by atoms with van der Waals surface area (Å²) in [5, 5.41) is 6.19. The van der Waals surface area contributed by atoms with Crippen molar-refractivity contribution in [3.8, 4) is 0 Å². The third-order valence-electron chi connectivity index (χ3n) is 4.59. The van der Waals surface area contributed by atoms with Crippen molar-refractivity contribution in [2.24, 2.45) is 0 Å². The topological polar surface area (TPSA) is 84.5 Å². The second-order valence-electron chi connectivity index (χ2n) is 6.92. The summed E-state index contributed by atoms with van der Waals surface area (Å²) >= 11 is 5.90. The van der Waals surface area contributed by atoms with Crippen LogP contribution in [0, 0.1) is 6.92 Å². The summed E-state index contributed by atoms with van der Waals surface area (Å²) in [4.78, 5) is 35.5. The number of esters is 1. The van der Waals surface area contributed by atoms with Crippen LogP contribution in [0.5, 0.6) is 0 Å². The second-order valence-corrected chi connectivity index (χ2v) is 7.36. The zero-order valence-electron chi connectivity index (χ0n) is 15.7. The van der Waals surface area contributed by atoms with E-state index >= 15 is 0 Å². The third-order valence-corrected chi connectivity index (χ3v) is 4.83. The molecule has 2 rings (SSSR count). The first-order chi connectivity index (χ1) is 12.9. The van der Waals surface area contributed by atoms with Crippen molar-refractivity contribution < 1.29 is 19.1 Å². The fraction of sp³-hybridized carbons (Fsp3) is 0.550.